The molecule has 0 bridgehead atoms. The summed E-state index contributed by atoms with van der Waals surface area (Å²) in [6, 6.07) is 13.7. The van der Waals surface area contributed by atoms with Gasteiger partial charge in [0.1, 0.15) is 0 Å². The first-order valence-electron chi connectivity index (χ1n) is 6.79. The molecule has 2 aromatic carbocycles. The van der Waals surface area contributed by atoms with Gasteiger partial charge in [0.2, 0.25) is 10.0 Å². The zero-order valence-corrected chi connectivity index (χ0v) is 15.0. The number of thioether (sulfide) groups is 1. The lowest BCUT2D eigenvalue weighted by Gasteiger charge is -2.11. The van der Waals surface area contributed by atoms with Gasteiger partial charge in [0.15, 0.2) is 5.78 Å². The molecule has 0 fully saturated rings. The van der Waals surface area contributed by atoms with E-state index in [1.54, 1.807) is 36.4 Å². The Balaban J connectivity index is 2.05. The van der Waals surface area contributed by atoms with Gasteiger partial charge in [-0.25, -0.2) is 8.42 Å². The quantitative estimate of drug-likeness (QED) is 0.615. The highest BCUT2D eigenvalue weighted by molar-refractivity contribution is 8.00. The van der Waals surface area contributed by atoms with Gasteiger partial charge in [-0.2, -0.15) is 0 Å². The lowest BCUT2D eigenvalue weighted by atomic mass is 10.1. The number of hydrogen-bond acceptors (Lipinski definition) is 4. The van der Waals surface area contributed by atoms with E-state index in [-0.39, 0.29) is 11.0 Å². The summed E-state index contributed by atoms with van der Waals surface area (Å²) in [6.07, 6.45) is 1.08. The molecular weight excluding hydrogens is 354 g/mol. The number of nitrogens with one attached hydrogen (secondary N) is 1. The van der Waals surface area contributed by atoms with Crippen LogP contribution in [-0.2, 0) is 10.0 Å². The van der Waals surface area contributed by atoms with Crippen molar-refractivity contribution in [1.29, 1.82) is 0 Å². The molecular formula is C16H16ClNO3S2. The fourth-order valence-electron chi connectivity index (χ4n) is 1.92. The van der Waals surface area contributed by atoms with Crippen LogP contribution in [0.3, 0.4) is 0 Å². The van der Waals surface area contributed by atoms with E-state index in [2.05, 4.69) is 4.72 Å². The Bertz CT molecular complexity index is 787. The molecule has 0 spiro atoms. The molecule has 7 heteroatoms. The third kappa shape index (κ3) is 5.57. The van der Waals surface area contributed by atoms with E-state index in [1.807, 2.05) is 19.1 Å². The average Bonchev–Trinajstić information content (AvgIpc) is 2.48. The van der Waals surface area contributed by atoms with Crippen molar-refractivity contribution in [2.75, 3.05) is 11.0 Å². The first-order chi connectivity index (χ1) is 10.7. The second kappa shape index (κ2) is 7.38. The minimum Gasteiger partial charge on any atom is -0.293 e. The van der Waals surface area contributed by atoms with E-state index in [0.29, 0.717) is 16.3 Å². The molecule has 0 aromatic heterocycles. The Morgan fingerprint density at radius 2 is 1.65 bits per heavy atom. The molecule has 2 aromatic rings. The summed E-state index contributed by atoms with van der Waals surface area (Å²) in [7, 11) is -3.32. The van der Waals surface area contributed by atoms with E-state index in [1.165, 1.54) is 11.8 Å². The van der Waals surface area contributed by atoms with Crippen LogP contribution in [0, 0.1) is 0 Å². The van der Waals surface area contributed by atoms with Crippen molar-refractivity contribution < 1.29 is 13.2 Å². The fourth-order valence-corrected chi connectivity index (χ4v) is 3.56. The van der Waals surface area contributed by atoms with Gasteiger partial charge in [0.05, 0.1) is 11.5 Å². The number of Topliss-reactive ketones (excluding diaryl/α,β-unsaturated/α-hetero) is 1. The fraction of sp³-hybridized carbons (Fsp3) is 0.188. The zero-order chi connectivity index (χ0) is 17.0. The Morgan fingerprint density at radius 1 is 1.09 bits per heavy atom. The van der Waals surface area contributed by atoms with Crippen LogP contribution in [0.25, 0.3) is 0 Å². The number of benzene rings is 2. The van der Waals surface area contributed by atoms with Crippen LogP contribution in [0.2, 0.25) is 5.02 Å². The molecule has 0 saturated heterocycles. The van der Waals surface area contributed by atoms with E-state index >= 15 is 0 Å². The molecule has 4 nitrogen and oxygen atoms in total. The first kappa shape index (κ1) is 17.8. The normalized spacial score (nSPS) is 12.7. The Kier molecular flexibility index (Phi) is 5.73. The van der Waals surface area contributed by atoms with E-state index in [4.69, 9.17) is 11.6 Å². The molecule has 0 aliphatic rings. The van der Waals surface area contributed by atoms with Crippen molar-refractivity contribution in [3.8, 4) is 0 Å². The summed E-state index contributed by atoms with van der Waals surface area (Å²) in [5, 5.41) is 0.396. The Morgan fingerprint density at radius 3 is 2.17 bits per heavy atom. The molecule has 0 aliphatic carbocycles. The maximum absolute atomic E-state index is 12.4. The van der Waals surface area contributed by atoms with Crippen molar-refractivity contribution >= 4 is 44.9 Å². The lowest BCUT2D eigenvalue weighted by molar-refractivity contribution is 0.0994. The van der Waals surface area contributed by atoms with Crippen molar-refractivity contribution in [1.82, 2.24) is 0 Å². The van der Waals surface area contributed by atoms with Crippen molar-refractivity contribution in [2.45, 2.75) is 17.1 Å². The minimum absolute atomic E-state index is 0.0177. The van der Waals surface area contributed by atoms with E-state index < -0.39 is 10.0 Å². The van der Waals surface area contributed by atoms with Crippen LogP contribution >= 0.6 is 23.4 Å². The smallest absolute Gasteiger partial charge is 0.229 e. The van der Waals surface area contributed by atoms with Crippen molar-refractivity contribution in [3.63, 3.8) is 0 Å². The van der Waals surface area contributed by atoms with Crippen LogP contribution in [0.4, 0.5) is 5.69 Å². The molecule has 0 radical (unpaired) electrons. The van der Waals surface area contributed by atoms with Gasteiger partial charge in [0, 0.05) is 21.2 Å². The first-order valence-corrected chi connectivity index (χ1v) is 9.94. The largest absolute Gasteiger partial charge is 0.293 e. The number of carbonyl (C=O) groups excluding carboxylic acids is 1. The van der Waals surface area contributed by atoms with Gasteiger partial charge in [-0.3, -0.25) is 9.52 Å². The predicted molar refractivity (Wildman–Crippen MR) is 96.0 cm³/mol. The van der Waals surface area contributed by atoms with Crippen molar-refractivity contribution in [3.05, 3.63) is 59.1 Å². The van der Waals surface area contributed by atoms with Crippen LogP contribution in [-0.4, -0.2) is 25.7 Å². The average molecular weight is 370 g/mol. The number of carbonyl (C=O) groups is 1. The van der Waals surface area contributed by atoms with Gasteiger partial charge in [-0.15, -0.1) is 11.8 Å². The molecule has 0 saturated carbocycles. The number of hydrogen-bond donors (Lipinski definition) is 1. The topological polar surface area (TPSA) is 63.2 Å². The van der Waals surface area contributed by atoms with Gasteiger partial charge in [0.25, 0.3) is 0 Å². The summed E-state index contributed by atoms with van der Waals surface area (Å²) in [5.74, 6) is -0.0177. The van der Waals surface area contributed by atoms with Gasteiger partial charge in [-0.1, -0.05) is 11.6 Å². The summed E-state index contributed by atoms with van der Waals surface area (Å²) >= 11 is 7.29. The molecule has 0 heterocycles. The van der Waals surface area contributed by atoms with Crippen LogP contribution in [0.5, 0.6) is 0 Å². The van der Waals surface area contributed by atoms with Gasteiger partial charge in [-0.05, 0) is 55.5 Å². The third-order valence-corrected chi connectivity index (χ3v) is 4.94. The summed E-state index contributed by atoms with van der Waals surface area (Å²) in [4.78, 5) is 13.4. The molecule has 0 amide bonds. The summed E-state index contributed by atoms with van der Waals surface area (Å²) in [5.41, 5.74) is 0.972. The maximum Gasteiger partial charge on any atom is 0.229 e. The molecule has 1 atom stereocenters. The van der Waals surface area contributed by atoms with E-state index in [9.17, 15) is 13.2 Å². The zero-order valence-electron chi connectivity index (χ0n) is 12.6. The summed E-state index contributed by atoms with van der Waals surface area (Å²) < 4.78 is 24.7. The molecule has 2 rings (SSSR count). The second-order valence-electron chi connectivity index (χ2n) is 5.03. The highest BCUT2D eigenvalue weighted by Crippen LogP contribution is 2.27. The lowest BCUT2D eigenvalue weighted by Crippen LogP contribution is -2.14. The minimum atomic E-state index is -3.32. The van der Waals surface area contributed by atoms with Crippen LogP contribution in [0.15, 0.2) is 53.4 Å². The number of anilines is 1. The summed E-state index contributed by atoms with van der Waals surface area (Å²) in [6.45, 7) is 1.84. The molecule has 0 aliphatic heterocycles. The standard InChI is InChI=1S/C16H16ClNO3S2/c1-11(22-15-9-5-13(17)6-10-15)16(19)12-3-7-14(8-4-12)18-23(2,20)21/h3-11,18H,1-2H3. The number of ketones is 1. The number of rotatable bonds is 6. The molecule has 1 N–H and O–H groups in total. The Hall–Kier alpha value is -1.50. The van der Waals surface area contributed by atoms with Gasteiger partial charge >= 0.3 is 0 Å². The predicted octanol–water partition coefficient (Wildman–Crippen LogP) is 4.08. The molecule has 1 unspecified atom stereocenters. The Labute approximate surface area is 145 Å². The van der Waals surface area contributed by atoms with Crippen molar-refractivity contribution in [2.24, 2.45) is 0 Å². The third-order valence-electron chi connectivity index (χ3n) is 2.97. The highest BCUT2D eigenvalue weighted by Gasteiger charge is 2.16. The SMILES string of the molecule is CC(Sc1ccc(Cl)cc1)C(=O)c1ccc(NS(C)(=O)=O)cc1. The van der Waals surface area contributed by atoms with Gasteiger partial charge < -0.3 is 0 Å². The number of sulfonamides is 1. The highest BCUT2D eigenvalue weighted by atomic mass is 35.5. The van der Waals surface area contributed by atoms with Crippen LogP contribution in [0.1, 0.15) is 17.3 Å². The monoisotopic (exact) mass is 369 g/mol. The second-order valence-corrected chi connectivity index (χ2v) is 8.63. The number of halogens is 1. The molecule has 122 valence electrons. The maximum atomic E-state index is 12.4. The van der Waals surface area contributed by atoms with Crippen LogP contribution < -0.4 is 4.72 Å². The van der Waals surface area contributed by atoms with E-state index in [0.717, 1.165) is 11.2 Å². The molecule has 23 heavy (non-hydrogen) atoms.